The van der Waals surface area contributed by atoms with E-state index in [9.17, 15) is 4.79 Å². The Morgan fingerprint density at radius 2 is 2.06 bits per heavy atom. The Labute approximate surface area is 109 Å². The molecule has 0 unspecified atom stereocenters. The fourth-order valence-corrected chi connectivity index (χ4v) is 1.52. The molecular weight excluding hydrogens is 226 g/mol. The summed E-state index contributed by atoms with van der Waals surface area (Å²) in [6.45, 7) is 6.87. The van der Waals surface area contributed by atoms with Gasteiger partial charge in [0.05, 0.1) is 6.61 Å². The molecule has 1 N–H and O–H groups in total. The van der Waals surface area contributed by atoms with Gasteiger partial charge < -0.3 is 10.1 Å². The molecule has 0 saturated heterocycles. The fourth-order valence-electron chi connectivity index (χ4n) is 1.52. The second-order valence-electron chi connectivity index (χ2n) is 4.05. The Bertz CT molecular complexity index is 371. The molecule has 18 heavy (non-hydrogen) atoms. The SMILES string of the molecule is C=CC(=O)NCCCCOc1ccc(CC)cc1. The first kappa shape index (κ1) is 14.3. The lowest BCUT2D eigenvalue weighted by Gasteiger charge is -2.07. The number of benzene rings is 1. The van der Waals surface area contributed by atoms with Gasteiger partial charge in [-0.15, -0.1) is 0 Å². The quantitative estimate of drug-likeness (QED) is 0.566. The molecular formula is C15H21NO2. The number of aryl methyl sites for hydroxylation is 1. The number of nitrogens with one attached hydrogen (secondary N) is 1. The number of amides is 1. The third-order valence-electron chi connectivity index (χ3n) is 2.66. The van der Waals surface area contributed by atoms with E-state index in [4.69, 9.17) is 4.74 Å². The second-order valence-corrected chi connectivity index (χ2v) is 4.05. The van der Waals surface area contributed by atoms with Crippen LogP contribution in [0.3, 0.4) is 0 Å². The van der Waals surface area contributed by atoms with Crippen molar-refractivity contribution < 1.29 is 9.53 Å². The molecule has 1 rings (SSSR count). The average Bonchev–Trinajstić information content (AvgIpc) is 2.43. The topological polar surface area (TPSA) is 38.3 Å². The molecule has 0 aliphatic rings. The van der Waals surface area contributed by atoms with Gasteiger partial charge in [-0.1, -0.05) is 25.6 Å². The van der Waals surface area contributed by atoms with Crippen LogP contribution in [0.4, 0.5) is 0 Å². The molecule has 0 heterocycles. The van der Waals surface area contributed by atoms with Crippen LogP contribution < -0.4 is 10.1 Å². The largest absolute Gasteiger partial charge is 0.494 e. The minimum atomic E-state index is -0.119. The standard InChI is InChI=1S/C15H21NO2/c1-3-13-7-9-14(10-8-13)18-12-6-5-11-16-15(17)4-2/h4,7-10H,2-3,5-6,11-12H2,1H3,(H,16,17). The van der Waals surface area contributed by atoms with Crippen LogP contribution in [-0.4, -0.2) is 19.1 Å². The molecule has 0 radical (unpaired) electrons. The molecule has 0 aromatic heterocycles. The predicted octanol–water partition coefficient (Wildman–Crippen LogP) is 2.71. The third kappa shape index (κ3) is 5.53. The normalized spacial score (nSPS) is 9.83. The smallest absolute Gasteiger partial charge is 0.243 e. The summed E-state index contributed by atoms with van der Waals surface area (Å²) < 4.78 is 5.61. The molecule has 0 aliphatic carbocycles. The molecule has 0 spiro atoms. The Morgan fingerprint density at radius 1 is 1.33 bits per heavy atom. The lowest BCUT2D eigenvalue weighted by molar-refractivity contribution is -0.116. The van der Waals surface area contributed by atoms with Crippen molar-refractivity contribution >= 4 is 5.91 Å². The van der Waals surface area contributed by atoms with Crippen LogP contribution in [0.2, 0.25) is 0 Å². The van der Waals surface area contributed by atoms with Crippen molar-refractivity contribution in [3.05, 3.63) is 42.5 Å². The highest BCUT2D eigenvalue weighted by atomic mass is 16.5. The lowest BCUT2D eigenvalue weighted by Crippen LogP contribution is -2.22. The molecule has 0 fully saturated rings. The minimum absolute atomic E-state index is 0.119. The van der Waals surface area contributed by atoms with Crippen molar-refractivity contribution in [2.45, 2.75) is 26.2 Å². The fraction of sp³-hybridized carbons (Fsp3) is 0.400. The lowest BCUT2D eigenvalue weighted by atomic mass is 10.2. The third-order valence-corrected chi connectivity index (χ3v) is 2.66. The number of rotatable bonds is 8. The molecule has 0 bridgehead atoms. The zero-order valence-corrected chi connectivity index (χ0v) is 10.9. The summed E-state index contributed by atoms with van der Waals surface area (Å²) in [6, 6.07) is 8.16. The average molecular weight is 247 g/mol. The van der Waals surface area contributed by atoms with Crippen molar-refractivity contribution in [1.82, 2.24) is 5.32 Å². The van der Waals surface area contributed by atoms with Gasteiger partial charge in [-0.25, -0.2) is 0 Å². The maximum Gasteiger partial charge on any atom is 0.243 e. The summed E-state index contributed by atoms with van der Waals surface area (Å²) in [7, 11) is 0. The van der Waals surface area contributed by atoms with Crippen LogP contribution in [0.15, 0.2) is 36.9 Å². The van der Waals surface area contributed by atoms with Crippen LogP contribution >= 0.6 is 0 Å². The number of carbonyl (C=O) groups excluding carboxylic acids is 1. The van der Waals surface area contributed by atoms with E-state index in [0.717, 1.165) is 25.0 Å². The summed E-state index contributed by atoms with van der Waals surface area (Å²) in [5.74, 6) is 0.786. The van der Waals surface area contributed by atoms with Crippen LogP contribution in [0, 0.1) is 0 Å². The Balaban J connectivity index is 2.10. The van der Waals surface area contributed by atoms with Gasteiger partial charge >= 0.3 is 0 Å². The molecule has 1 aromatic rings. The number of unbranched alkanes of at least 4 members (excludes halogenated alkanes) is 1. The van der Waals surface area contributed by atoms with Gasteiger partial charge in [0.15, 0.2) is 0 Å². The van der Waals surface area contributed by atoms with E-state index in [1.807, 2.05) is 12.1 Å². The van der Waals surface area contributed by atoms with E-state index in [1.54, 1.807) is 0 Å². The van der Waals surface area contributed by atoms with Crippen molar-refractivity contribution in [1.29, 1.82) is 0 Å². The number of hydrogen-bond donors (Lipinski definition) is 1. The zero-order chi connectivity index (χ0) is 13.2. The first-order chi connectivity index (χ1) is 8.76. The predicted molar refractivity (Wildman–Crippen MR) is 73.8 cm³/mol. The van der Waals surface area contributed by atoms with E-state index in [1.165, 1.54) is 11.6 Å². The van der Waals surface area contributed by atoms with E-state index in [2.05, 4.69) is 31.0 Å². The van der Waals surface area contributed by atoms with Crippen molar-refractivity contribution in [3.8, 4) is 5.75 Å². The number of hydrogen-bond acceptors (Lipinski definition) is 2. The van der Waals surface area contributed by atoms with Crippen LogP contribution in [0.25, 0.3) is 0 Å². The minimum Gasteiger partial charge on any atom is -0.494 e. The van der Waals surface area contributed by atoms with E-state index >= 15 is 0 Å². The van der Waals surface area contributed by atoms with Gasteiger partial charge in [-0.3, -0.25) is 4.79 Å². The maximum atomic E-state index is 10.9. The van der Waals surface area contributed by atoms with Crippen molar-refractivity contribution in [2.24, 2.45) is 0 Å². The van der Waals surface area contributed by atoms with Gasteiger partial charge in [-0.2, -0.15) is 0 Å². The number of carbonyl (C=O) groups is 1. The summed E-state index contributed by atoms with van der Waals surface area (Å²) in [6.07, 6.45) is 4.16. The highest BCUT2D eigenvalue weighted by molar-refractivity contribution is 5.86. The summed E-state index contributed by atoms with van der Waals surface area (Å²) in [5, 5.41) is 2.73. The molecule has 1 amide bonds. The molecule has 3 nitrogen and oxygen atoms in total. The van der Waals surface area contributed by atoms with Gasteiger partial charge in [0.25, 0.3) is 0 Å². The molecule has 98 valence electrons. The molecule has 0 atom stereocenters. The van der Waals surface area contributed by atoms with E-state index < -0.39 is 0 Å². The summed E-state index contributed by atoms with van der Waals surface area (Å²) in [4.78, 5) is 10.9. The Hall–Kier alpha value is -1.77. The van der Waals surface area contributed by atoms with Crippen LogP contribution in [0.1, 0.15) is 25.3 Å². The van der Waals surface area contributed by atoms with Gasteiger partial charge in [0.2, 0.25) is 5.91 Å². The van der Waals surface area contributed by atoms with E-state index in [-0.39, 0.29) is 5.91 Å². The monoisotopic (exact) mass is 247 g/mol. The maximum absolute atomic E-state index is 10.9. The highest BCUT2D eigenvalue weighted by Crippen LogP contribution is 2.12. The van der Waals surface area contributed by atoms with Gasteiger partial charge in [0, 0.05) is 6.54 Å². The molecule has 3 heteroatoms. The van der Waals surface area contributed by atoms with Crippen LogP contribution in [-0.2, 0) is 11.2 Å². The van der Waals surface area contributed by atoms with E-state index in [0.29, 0.717) is 13.2 Å². The Morgan fingerprint density at radius 3 is 2.67 bits per heavy atom. The number of ether oxygens (including phenoxy) is 1. The first-order valence-corrected chi connectivity index (χ1v) is 6.38. The van der Waals surface area contributed by atoms with Crippen molar-refractivity contribution in [2.75, 3.05) is 13.2 Å². The first-order valence-electron chi connectivity index (χ1n) is 6.38. The van der Waals surface area contributed by atoms with Gasteiger partial charge in [-0.05, 0) is 43.0 Å². The molecule has 0 aliphatic heterocycles. The van der Waals surface area contributed by atoms with Gasteiger partial charge in [0.1, 0.15) is 5.75 Å². The second kappa shape index (κ2) is 8.34. The highest BCUT2D eigenvalue weighted by Gasteiger charge is 1.96. The molecule has 0 saturated carbocycles. The molecule has 1 aromatic carbocycles. The Kier molecular flexibility index (Phi) is 6.62. The summed E-state index contributed by atoms with van der Waals surface area (Å²) >= 11 is 0. The summed E-state index contributed by atoms with van der Waals surface area (Å²) in [5.41, 5.74) is 1.31. The van der Waals surface area contributed by atoms with Crippen molar-refractivity contribution in [3.63, 3.8) is 0 Å². The van der Waals surface area contributed by atoms with Crippen LogP contribution in [0.5, 0.6) is 5.75 Å². The zero-order valence-electron chi connectivity index (χ0n) is 10.9.